The number of nitrogens with zero attached hydrogens (tertiary/aromatic N) is 1. The minimum Gasteiger partial charge on any atom is -0.376 e. The molecular formula is C19H21Cl2N3OS. The number of anilines is 1. The third-order valence-electron chi connectivity index (χ3n) is 3.64. The Morgan fingerprint density at radius 2 is 2.04 bits per heavy atom. The zero-order chi connectivity index (χ0) is 19.3. The monoisotopic (exact) mass is 409 g/mol. The van der Waals surface area contributed by atoms with Gasteiger partial charge in [-0.1, -0.05) is 50.0 Å². The van der Waals surface area contributed by atoms with Crippen molar-refractivity contribution in [3.05, 3.63) is 38.7 Å². The average molecular weight is 410 g/mol. The molecule has 0 saturated carbocycles. The van der Waals surface area contributed by atoms with Crippen LogP contribution in [-0.2, 0) is 0 Å². The summed E-state index contributed by atoms with van der Waals surface area (Å²) >= 11 is 13.5. The fraction of sp³-hybridized carbons (Fsp3) is 0.368. The largest absolute Gasteiger partial charge is 0.376 e. The Kier molecular flexibility index (Phi) is 7.33. The summed E-state index contributed by atoms with van der Waals surface area (Å²) in [4.78, 5) is 13.3. The van der Waals surface area contributed by atoms with Crippen LogP contribution in [0.5, 0.6) is 0 Å². The molecule has 0 aliphatic carbocycles. The fourth-order valence-electron chi connectivity index (χ4n) is 2.36. The van der Waals surface area contributed by atoms with Crippen molar-refractivity contribution in [1.82, 2.24) is 5.32 Å². The van der Waals surface area contributed by atoms with Gasteiger partial charge >= 0.3 is 0 Å². The molecule has 4 nitrogen and oxygen atoms in total. The standard InChI is InChI=1S/C19H21Cl2N3OS/c1-4-7-23-19-13(9-22)16(12-5-6-14(20)15(21)8-12)17(26-19)18(25)24-10-11(2)3/h5-6,8,11,23H,4,7,10H2,1-3H3,(H,24,25). The lowest BCUT2D eigenvalue weighted by Crippen LogP contribution is -2.27. The normalized spacial score (nSPS) is 10.7. The number of nitrogens with one attached hydrogen (secondary N) is 2. The summed E-state index contributed by atoms with van der Waals surface area (Å²) in [5.41, 5.74) is 1.75. The molecule has 0 aliphatic heterocycles. The maximum Gasteiger partial charge on any atom is 0.262 e. The van der Waals surface area contributed by atoms with Gasteiger partial charge in [-0.2, -0.15) is 5.26 Å². The van der Waals surface area contributed by atoms with Crippen LogP contribution in [0.1, 0.15) is 42.4 Å². The third-order valence-corrected chi connectivity index (χ3v) is 5.53. The lowest BCUT2D eigenvalue weighted by atomic mass is 10.0. The smallest absolute Gasteiger partial charge is 0.262 e. The van der Waals surface area contributed by atoms with Crippen molar-refractivity contribution in [1.29, 1.82) is 5.26 Å². The van der Waals surface area contributed by atoms with Crippen molar-refractivity contribution in [3.63, 3.8) is 0 Å². The molecule has 1 heterocycles. The predicted octanol–water partition coefficient (Wildman–Crippen LogP) is 5.80. The molecule has 0 spiro atoms. The van der Waals surface area contributed by atoms with Crippen LogP contribution in [-0.4, -0.2) is 19.0 Å². The second-order valence-electron chi connectivity index (χ2n) is 6.28. The molecule has 0 unspecified atom stereocenters. The van der Waals surface area contributed by atoms with E-state index in [0.29, 0.717) is 49.1 Å². The van der Waals surface area contributed by atoms with Crippen LogP contribution in [0, 0.1) is 17.2 Å². The fourth-order valence-corrected chi connectivity index (χ4v) is 3.78. The molecule has 0 fully saturated rings. The molecule has 2 aromatic rings. The summed E-state index contributed by atoms with van der Waals surface area (Å²) in [7, 11) is 0. The van der Waals surface area contributed by atoms with Crippen molar-refractivity contribution in [2.24, 2.45) is 5.92 Å². The number of amides is 1. The number of benzene rings is 1. The van der Waals surface area contributed by atoms with E-state index < -0.39 is 0 Å². The molecule has 0 radical (unpaired) electrons. The van der Waals surface area contributed by atoms with Gasteiger partial charge in [0.2, 0.25) is 0 Å². The number of rotatable bonds is 7. The lowest BCUT2D eigenvalue weighted by Gasteiger charge is -2.09. The van der Waals surface area contributed by atoms with Gasteiger partial charge in [-0.3, -0.25) is 4.79 Å². The maximum absolute atomic E-state index is 12.8. The zero-order valence-corrected chi connectivity index (χ0v) is 17.3. The second-order valence-corrected chi connectivity index (χ2v) is 8.12. The Bertz CT molecular complexity index is 840. The number of carbonyl (C=O) groups excluding carboxylic acids is 1. The molecule has 7 heteroatoms. The number of hydrogen-bond acceptors (Lipinski definition) is 4. The van der Waals surface area contributed by atoms with Crippen LogP contribution in [0.2, 0.25) is 10.0 Å². The number of thiophene rings is 1. The Morgan fingerprint density at radius 3 is 2.62 bits per heavy atom. The van der Waals surface area contributed by atoms with Crippen LogP contribution in [0.25, 0.3) is 11.1 Å². The molecule has 0 saturated heterocycles. The second kappa shape index (κ2) is 9.27. The SMILES string of the molecule is CCCNc1sc(C(=O)NCC(C)C)c(-c2ccc(Cl)c(Cl)c2)c1C#N. The van der Waals surface area contributed by atoms with Gasteiger partial charge in [0.25, 0.3) is 5.91 Å². The first-order valence-corrected chi connectivity index (χ1v) is 10.0. The van der Waals surface area contributed by atoms with E-state index in [9.17, 15) is 10.1 Å². The highest BCUT2D eigenvalue weighted by Gasteiger charge is 2.24. The van der Waals surface area contributed by atoms with E-state index >= 15 is 0 Å². The molecule has 0 aliphatic rings. The summed E-state index contributed by atoms with van der Waals surface area (Å²) in [5.74, 6) is 0.145. The van der Waals surface area contributed by atoms with Crippen molar-refractivity contribution < 1.29 is 4.79 Å². The van der Waals surface area contributed by atoms with Crippen molar-refractivity contribution in [2.45, 2.75) is 27.2 Å². The van der Waals surface area contributed by atoms with Gasteiger partial charge in [-0.15, -0.1) is 11.3 Å². The van der Waals surface area contributed by atoms with Gasteiger partial charge in [-0.05, 0) is 30.0 Å². The Balaban J connectivity index is 2.57. The third kappa shape index (κ3) is 4.70. The quantitative estimate of drug-likeness (QED) is 0.606. The highest BCUT2D eigenvalue weighted by Crippen LogP contribution is 2.41. The summed E-state index contributed by atoms with van der Waals surface area (Å²) in [6.45, 7) is 7.40. The molecule has 0 atom stereocenters. The van der Waals surface area contributed by atoms with E-state index in [1.807, 2.05) is 20.8 Å². The maximum atomic E-state index is 12.8. The molecule has 1 aromatic heterocycles. The summed E-state index contributed by atoms with van der Waals surface area (Å²) in [5, 5.41) is 17.4. The molecule has 1 aromatic carbocycles. The lowest BCUT2D eigenvalue weighted by molar-refractivity contribution is 0.0953. The highest BCUT2D eigenvalue weighted by atomic mass is 35.5. The van der Waals surface area contributed by atoms with Gasteiger partial charge in [0, 0.05) is 18.7 Å². The Morgan fingerprint density at radius 1 is 1.31 bits per heavy atom. The molecule has 1 amide bonds. The first-order valence-electron chi connectivity index (χ1n) is 8.43. The Labute approximate surface area is 168 Å². The van der Waals surface area contributed by atoms with Crippen LogP contribution in [0.3, 0.4) is 0 Å². The molecular weight excluding hydrogens is 389 g/mol. The predicted molar refractivity (Wildman–Crippen MR) is 110 cm³/mol. The van der Waals surface area contributed by atoms with E-state index in [2.05, 4.69) is 16.7 Å². The van der Waals surface area contributed by atoms with E-state index in [-0.39, 0.29) is 5.91 Å². The van der Waals surface area contributed by atoms with Crippen LogP contribution in [0.4, 0.5) is 5.00 Å². The summed E-state index contributed by atoms with van der Waals surface area (Å²) in [6, 6.07) is 7.38. The van der Waals surface area contributed by atoms with Crippen molar-refractivity contribution in [2.75, 3.05) is 18.4 Å². The van der Waals surface area contributed by atoms with E-state index in [1.54, 1.807) is 18.2 Å². The Hall–Kier alpha value is -1.74. The molecule has 26 heavy (non-hydrogen) atoms. The van der Waals surface area contributed by atoms with E-state index in [0.717, 1.165) is 13.0 Å². The minimum atomic E-state index is -0.189. The summed E-state index contributed by atoms with van der Waals surface area (Å²) in [6.07, 6.45) is 0.916. The number of halogens is 2. The van der Waals surface area contributed by atoms with Gasteiger partial charge in [0.05, 0.1) is 15.6 Å². The van der Waals surface area contributed by atoms with Crippen LogP contribution >= 0.6 is 34.5 Å². The minimum absolute atomic E-state index is 0.189. The average Bonchev–Trinajstić information content (AvgIpc) is 2.98. The highest BCUT2D eigenvalue weighted by molar-refractivity contribution is 7.18. The van der Waals surface area contributed by atoms with Gasteiger partial charge in [-0.25, -0.2) is 0 Å². The number of carbonyl (C=O) groups is 1. The van der Waals surface area contributed by atoms with Crippen LogP contribution in [0.15, 0.2) is 18.2 Å². The van der Waals surface area contributed by atoms with E-state index in [1.165, 1.54) is 11.3 Å². The van der Waals surface area contributed by atoms with Crippen molar-refractivity contribution in [3.8, 4) is 17.2 Å². The molecule has 0 bridgehead atoms. The first kappa shape index (κ1) is 20.6. The molecule has 138 valence electrons. The van der Waals surface area contributed by atoms with Crippen molar-refractivity contribution >= 4 is 45.4 Å². The molecule has 2 rings (SSSR count). The number of nitriles is 1. The zero-order valence-electron chi connectivity index (χ0n) is 15.0. The first-order chi connectivity index (χ1) is 12.4. The topological polar surface area (TPSA) is 64.9 Å². The number of hydrogen-bond donors (Lipinski definition) is 2. The van der Waals surface area contributed by atoms with Gasteiger partial charge < -0.3 is 10.6 Å². The van der Waals surface area contributed by atoms with Gasteiger partial charge in [0.1, 0.15) is 15.9 Å². The summed E-state index contributed by atoms with van der Waals surface area (Å²) < 4.78 is 0. The molecule has 2 N–H and O–H groups in total. The van der Waals surface area contributed by atoms with Gasteiger partial charge in [0.15, 0.2) is 0 Å². The van der Waals surface area contributed by atoms with E-state index in [4.69, 9.17) is 23.2 Å². The van der Waals surface area contributed by atoms with Crippen LogP contribution < -0.4 is 10.6 Å².